The third-order valence-electron chi connectivity index (χ3n) is 6.50. The normalized spacial score (nSPS) is 26.6. The van der Waals surface area contributed by atoms with Crippen molar-refractivity contribution >= 4 is 39.9 Å². The summed E-state index contributed by atoms with van der Waals surface area (Å²) in [7, 11) is 0. The Labute approximate surface area is 184 Å². The number of nitrogens with one attached hydrogen (secondary N) is 1. The molecule has 3 amide bonds. The number of hydrogen-bond acceptors (Lipinski definition) is 6. The number of allylic oxidation sites excluding steroid dienone is 2. The van der Waals surface area contributed by atoms with E-state index in [1.807, 2.05) is 13.8 Å². The maximum Gasteiger partial charge on any atom is 0.238 e. The predicted molar refractivity (Wildman–Crippen MR) is 118 cm³/mol. The van der Waals surface area contributed by atoms with Crippen LogP contribution in [0.15, 0.2) is 36.4 Å². The minimum Gasteiger partial charge on any atom is -0.300 e. The van der Waals surface area contributed by atoms with Crippen LogP contribution >= 0.6 is 11.3 Å². The van der Waals surface area contributed by atoms with E-state index in [0.29, 0.717) is 10.8 Å². The third kappa shape index (κ3) is 3.48. The largest absolute Gasteiger partial charge is 0.300 e. The fourth-order valence-electron chi connectivity index (χ4n) is 4.96. The molecule has 4 aliphatic rings. The van der Waals surface area contributed by atoms with E-state index in [-0.39, 0.29) is 53.7 Å². The van der Waals surface area contributed by atoms with E-state index in [4.69, 9.17) is 0 Å². The van der Waals surface area contributed by atoms with Crippen molar-refractivity contribution in [3.8, 4) is 0 Å². The molecule has 6 rings (SSSR count). The quantitative estimate of drug-likeness (QED) is 0.572. The topological polar surface area (TPSA) is 92.3 Å². The van der Waals surface area contributed by atoms with Gasteiger partial charge in [0.05, 0.1) is 23.9 Å². The molecule has 3 aliphatic carbocycles. The van der Waals surface area contributed by atoms with Crippen LogP contribution in [0.3, 0.4) is 0 Å². The Morgan fingerprint density at radius 1 is 1.06 bits per heavy atom. The maximum absolute atomic E-state index is 13.1. The van der Waals surface area contributed by atoms with Crippen LogP contribution in [0.4, 0.5) is 10.8 Å². The number of nitrogens with zero attached hydrogens (tertiary/aromatic N) is 3. The van der Waals surface area contributed by atoms with Crippen LogP contribution in [0.25, 0.3) is 0 Å². The number of aromatic nitrogens is 2. The van der Waals surface area contributed by atoms with Crippen molar-refractivity contribution in [2.45, 2.75) is 39.0 Å². The first-order valence-corrected chi connectivity index (χ1v) is 11.5. The molecule has 2 aromatic rings. The number of fused-ring (bicyclic) bond motifs is 1. The maximum atomic E-state index is 13.1. The molecule has 31 heavy (non-hydrogen) atoms. The second-order valence-electron chi connectivity index (χ2n) is 8.84. The highest BCUT2D eigenvalue weighted by molar-refractivity contribution is 7.15. The summed E-state index contributed by atoms with van der Waals surface area (Å²) in [5.41, 5.74) is 1.38. The van der Waals surface area contributed by atoms with Gasteiger partial charge in [-0.3, -0.25) is 19.3 Å². The average Bonchev–Trinajstić information content (AvgIpc) is 3.34. The molecule has 1 aromatic heterocycles. The summed E-state index contributed by atoms with van der Waals surface area (Å²) in [5, 5.41) is 12.2. The Hall–Kier alpha value is -2.87. The number of hydrogen-bond donors (Lipinski definition) is 1. The SMILES string of the molecule is CC(C)c1nnc(NC(=O)Cc2ccc(N3C(=O)C4C5C=CC(CC5)C4C3=O)cc2)s1. The first kappa shape index (κ1) is 20.1. The first-order valence-electron chi connectivity index (χ1n) is 10.7. The molecule has 1 N–H and O–H groups in total. The number of imide groups is 1. The average molecular weight is 437 g/mol. The minimum atomic E-state index is -0.218. The molecule has 2 fully saturated rings. The van der Waals surface area contributed by atoms with Crippen molar-refractivity contribution in [1.29, 1.82) is 0 Å². The van der Waals surface area contributed by atoms with Crippen LogP contribution in [-0.2, 0) is 20.8 Å². The number of carbonyl (C=O) groups excluding carboxylic acids is 3. The van der Waals surface area contributed by atoms with Crippen LogP contribution in [0.5, 0.6) is 0 Å². The summed E-state index contributed by atoms with van der Waals surface area (Å²) in [4.78, 5) is 39.8. The van der Waals surface area contributed by atoms with Gasteiger partial charge in [0.1, 0.15) is 5.01 Å². The van der Waals surface area contributed by atoms with E-state index in [1.165, 1.54) is 16.2 Å². The van der Waals surface area contributed by atoms with Crippen molar-refractivity contribution in [3.05, 3.63) is 47.0 Å². The summed E-state index contributed by atoms with van der Waals surface area (Å²) in [6.07, 6.45) is 6.38. The standard InChI is InChI=1S/C23H24N4O3S/c1-12(2)20-25-26-23(31-20)24-17(28)11-13-3-9-16(10-4-13)27-21(29)18-14-5-6-15(8-7-14)19(18)22(27)30/h3-6,9-10,12,14-15,18-19H,7-8,11H2,1-2H3,(H,24,26,28). The highest BCUT2D eigenvalue weighted by Crippen LogP contribution is 2.50. The van der Waals surface area contributed by atoms with Crippen molar-refractivity contribution in [2.75, 3.05) is 10.2 Å². The van der Waals surface area contributed by atoms with Gasteiger partial charge in [-0.05, 0) is 42.4 Å². The molecular weight excluding hydrogens is 412 g/mol. The Kier molecular flexibility index (Phi) is 4.97. The zero-order valence-corrected chi connectivity index (χ0v) is 18.3. The molecule has 7 nitrogen and oxygen atoms in total. The van der Waals surface area contributed by atoms with Crippen molar-refractivity contribution in [1.82, 2.24) is 10.2 Å². The number of anilines is 2. The lowest BCUT2D eigenvalue weighted by atomic mass is 9.63. The molecule has 2 heterocycles. The lowest BCUT2D eigenvalue weighted by Crippen LogP contribution is -2.38. The Bertz CT molecular complexity index is 1040. The fourth-order valence-corrected chi connectivity index (χ4v) is 5.72. The van der Waals surface area contributed by atoms with Gasteiger partial charge < -0.3 is 5.32 Å². The molecule has 8 heteroatoms. The number of carbonyl (C=O) groups is 3. The lowest BCUT2D eigenvalue weighted by molar-refractivity contribution is -0.124. The van der Waals surface area contributed by atoms with Crippen LogP contribution in [0.1, 0.15) is 43.2 Å². The molecular formula is C23H24N4O3S. The molecule has 1 aliphatic heterocycles. The van der Waals surface area contributed by atoms with E-state index in [0.717, 1.165) is 23.4 Å². The zero-order chi connectivity index (χ0) is 21.7. The Morgan fingerprint density at radius 2 is 1.68 bits per heavy atom. The monoisotopic (exact) mass is 436 g/mol. The molecule has 0 spiro atoms. The van der Waals surface area contributed by atoms with Crippen LogP contribution < -0.4 is 10.2 Å². The van der Waals surface area contributed by atoms with Crippen molar-refractivity contribution < 1.29 is 14.4 Å². The smallest absolute Gasteiger partial charge is 0.238 e. The first-order chi connectivity index (χ1) is 14.9. The van der Waals surface area contributed by atoms with E-state index >= 15 is 0 Å². The molecule has 160 valence electrons. The molecule has 1 aromatic carbocycles. The summed E-state index contributed by atoms with van der Waals surface area (Å²) >= 11 is 1.37. The predicted octanol–water partition coefficient (Wildman–Crippen LogP) is 3.54. The number of amides is 3. The number of rotatable bonds is 5. The van der Waals surface area contributed by atoms with Crippen LogP contribution in [-0.4, -0.2) is 27.9 Å². The summed E-state index contributed by atoms with van der Waals surface area (Å²) < 4.78 is 0. The van der Waals surface area contributed by atoms with Crippen LogP contribution in [0.2, 0.25) is 0 Å². The lowest BCUT2D eigenvalue weighted by Gasteiger charge is -2.38. The van der Waals surface area contributed by atoms with Gasteiger partial charge in [-0.2, -0.15) is 0 Å². The van der Waals surface area contributed by atoms with Crippen LogP contribution in [0, 0.1) is 23.7 Å². The molecule has 4 atom stereocenters. The van der Waals surface area contributed by atoms with Gasteiger partial charge in [-0.25, -0.2) is 0 Å². The minimum absolute atomic E-state index is 0.0863. The Morgan fingerprint density at radius 3 is 2.19 bits per heavy atom. The molecule has 1 saturated carbocycles. The third-order valence-corrected chi connectivity index (χ3v) is 7.64. The zero-order valence-electron chi connectivity index (χ0n) is 17.4. The fraction of sp³-hybridized carbons (Fsp3) is 0.435. The molecule has 2 bridgehead atoms. The van der Waals surface area contributed by atoms with E-state index < -0.39 is 0 Å². The van der Waals surface area contributed by atoms with Gasteiger partial charge in [0.15, 0.2) is 0 Å². The van der Waals surface area contributed by atoms with Gasteiger partial charge in [-0.15, -0.1) is 10.2 Å². The second-order valence-corrected chi connectivity index (χ2v) is 9.85. The molecule has 1 saturated heterocycles. The molecule has 0 radical (unpaired) electrons. The van der Waals surface area contributed by atoms with Crippen molar-refractivity contribution in [3.63, 3.8) is 0 Å². The summed E-state index contributed by atoms with van der Waals surface area (Å²) in [6, 6.07) is 7.10. The van der Waals surface area contributed by atoms with Gasteiger partial charge in [0.25, 0.3) is 0 Å². The highest BCUT2D eigenvalue weighted by Gasteiger charge is 2.56. The number of benzene rings is 1. The van der Waals surface area contributed by atoms with Gasteiger partial charge in [-0.1, -0.05) is 49.5 Å². The van der Waals surface area contributed by atoms with E-state index in [9.17, 15) is 14.4 Å². The van der Waals surface area contributed by atoms with E-state index in [2.05, 4.69) is 27.7 Å². The molecule has 4 unspecified atom stereocenters. The van der Waals surface area contributed by atoms with Gasteiger partial charge in [0.2, 0.25) is 22.9 Å². The summed E-state index contributed by atoms with van der Waals surface area (Å²) in [5.74, 6) is -0.170. The summed E-state index contributed by atoms with van der Waals surface area (Å²) in [6.45, 7) is 4.06. The van der Waals surface area contributed by atoms with Gasteiger partial charge in [0, 0.05) is 5.92 Å². The van der Waals surface area contributed by atoms with E-state index in [1.54, 1.807) is 24.3 Å². The van der Waals surface area contributed by atoms with Gasteiger partial charge >= 0.3 is 0 Å². The van der Waals surface area contributed by atoms with Crippen molar-refractivity contribution in [2.24, 2.45) is 23.7 Å². The Balaban J connectivity index is 1.26. The second kappa shape index (κ2) is 7.67. The highest BCUT2D eigenvalue weighted by atomic mass is 32.1.